The summed E-state index contributed by atoms with van der Waals surface area (Å²) >= 11 is 0. The monoisotopic (exact) mass is 451 g/mol. The lowest BCUT2D eigenvalue weighted by atomic mass is 10.2. The minimum atomic E-state index is -4.04. The average Bonchev–Trinajstić information content (AvgIpc) is 3.10. The van der Waals surface area contributed by atoms with Crippen LogP contribution in [0.3, 0.4) is 0 Å². The second-order valence-corrected chi connectivity index (χ2v) is 9.00. The molecule has 1 aliphatic rings. The van der Waals surface area contributed by atoms with E-state index in [-0.39, 0.29) is 19.8 Å². The highest BCUT2D eigenvalue weighted by Crippen LogP contribution is 2.51. The van der Waals surface area contributed by atoms with E-state index in [0.29, 0.717) is 0 Å². The zero-order chi connectivity index (χ0) is 22.3. The molecule has 1 aliphatic heterocycles. The second kappa shape index (κ2) is 10.5. The summed E-state index contributed by atoms with van der Waals surface area (Å²) in [5.74, 6) is -1.89. The molecule has 10 heteroatoms. The van der Waals surface area contributed by atoms with E-state index in [1.807, 2.05) is 60.7 Å². The van der Waals surface area contributed by atoms with Crippen molar-refractivity contribution in [3.05, 3.63) is 71.8 Å². The molecule has 1 saturated heterocycles. The van der Waals surface area contributed by atoms with E-state index >= 15 is 0 Å². The predicted octanol–water partition coefficient (Wildman–Crippen LogP) is 3.57. The third-order valence-corrected chi connectivity index (χ3v) is 5.77. The summed E-state index contributed by atoms with van der Waals surface area (Å²) in [6.07, 6.45) is -2.09. The van der Waals surface area contributed by atoms with E-state index < -0.39 is 31.7 Å². The standard InChI is InChI=1S/C21H26NO8P/c1-21(2)29-18(19(30-21)20(23)22-24)15-28-31(25,26-13-16-9-5-3-6-10-16)27-14-17-11-7-4-8-12-17/h3-12,18-19,24H,13-15H2,1-2H3,(H,22,23)/t18-,19+/m1/s1. The Labute approximate surface area is 180 Å². The van der Waals surface area contributed by atoms with E-state index in [2.05, 4.69) is 0 Å². The van der Waals surface area contributed by atoms with Crippen LogP contribution in [0.4, 0.5) is 0 Å². The van der Waals surface area contributed by atoms with Crippen LogP contribution in [-0.2, 0) is 45.6 Å². The molecular formula is C21H26NO8P. The average molecular weight is 451 g/mol. The SMILES string of the molecule is CC1(C)O[C@H](C(=O)NO)[C@@H](COP(=O)(OCc2ccccc2)OCc2ccccc2)O1. The zero-order valence-electron chi connectivity index (χ0n) is 17.3. The first-order chi connectivity index (χ1) is 14.8. The highest BCUT2D eigenvalue weighted by atomic mass is 31.2. The number of ether oxygens (including phenoxy) is 2. The van der Waals surface area contributed by atoms with Crippen molar-refractivity contribution in [2.24, 2.45) is 0 Å². The molecule has 1 heterocycles. The first-order valence-electron chi connectivity index (χ1n) is 9.71. The molecule has 31 heavy (non-hydrogen) atoms. The van der Waals surface area contributed by atoms with Crippen LogP contribution in [-0.4, -0.2) is 35.7 Å². The Morgan fingerprint density at radius 2 is 1.48 bits per heavy atom. The van der Waals surface area contributed by atoms with Gasteiger partial charge in [0.25, 0.3) is 5.91 Å². The molecule has 2 N–H and O–H groups in total. The lowest BCUT2D eigenvalue weighted by Gasteiger charge is -2.21. The van der Waals surface area contributed by atoms with Crippen LogP contribution >= 0.6 is 7.82 Å². The molecule has 0 saturated carbocycles. The number of rotatable bonds is 10. The fourth-order valence-electron chi connectivity index (χ4n) is 2.98. The fraction of sp³-hybridized carbons (Fsp3) is 0.381. The Kier molecular flexibility index (Phi) is 7.96. The van der Waals surface area contributed by atoms with Crippen LogP contribution < -0.4 is 5.48 Å². The number of carbonyl (C=O) groups is 1. The molecule has 0 aromatic heterocycles. The van der Waals surface area contributed by atoms with Gasteiger partial charge in [0.05, 0.1) is 19.8 Å². The maximum atomic E-state index is 13.3. The van der Waals surface area contributed by atoms with Gasteiger partial charge in [-0.15, -0.1) is 0 Å². The topological polar surface area (TPSA) is 113 Å². The molecule has 1 fully saturated rings. The van der Waals surface area contributed by atoms with Crippen molar-refractivity contribution in [3.8, 4) is 0 Å². The van der Waals surface area contributed by atoms with Gasteiger partial charge in [-0.25, -0.2) is 10.0 Å². The number of benzene rings is 2. The summed E-state index contributed by atoms with van der Waals surface area (Å²) in [5.41, 5.74) is 3.11. The van der Waals surface area contributed by atoms with Crippen molar-refractivity contribution >= 4 is 13.7 Å². The number of carbonyl (C=O) groups excluding carboxylic acids is 1. The largest absolute Gasteiger partial charge is 0.475 e. The van der Waals surface area contributed by atoms with E-state index in [0.717, 1.165) is 11.1 Å². The van der Waals surface area contributed by atoms with Crippen LogP contribution in [0.25, 0.3) is 0 Å². The van der Waals surface area contributed by atoms with E-state index in [4.69, 9.17) is 28.3 Å². The first-order valence-corrected chi connectivity index (χ1v) is 11.2. The van der Waals surface area contributed by atoms with Gasteiger partial charge >= 0.3 is 7.82 Å². The van der Waals surface area contributed by atoms with Gasteiger partial charge in [0.1, 0.15) is 6.10 Å². The van der Waals surface area contributed by atoms with Crippen LogP contribution in [0.5, 0.6) is 0 Å². The number of amides is 1. The van der Waals surface area contributed by atoms with Gasteiger partial charge < -0.3 is 9.47 Å². The molecule has 0 aliphatic carbocycles. The van der Waals surface area contributed by atoms with Gasteiger partial charge in [-0.1, -0.05) is 60.7 Å². The van der Waals surface area contributed by atoms with Crippen LogP contribution in [0.1, 0.15) is 25.0 Å². The molecule has 2 aromatic rings. The third-order valence-electron chi connectivity index (χ3n) is 4.41. The summed E-state index contributed by atoms with van der Waals surface area (Å²) in [6, 6.07) is 18.3. The molecule has 2 atom stereocenters. The molecule has 0 unspecified atom stereocenters. The van der Waals surface area contributed by atoms with Gasteiger partial charge in [-0.05, 0) is 25.0 Å². The normalized spacial score (nSPS) is 20.5. The molecular weight excluding hydrogens is 425 g/mol. The molecule has 0 bridgehead atoms. The smallest absolute Gasteiger partial charge is 0.342 e. The van der Waals surface area contributed by atoms with E-state index in [1.165, 1.54) is 5.48 Å². The summed E-state index contributed by atoms with van der Waals surface area (Å²) in [6.45, 7) is 2.91. The molecule has 168 valence electrons. The molecule has 1 amide bonds. The number of nitrogens with one attached hydrogen (secondary N) is 1. The number of hydrogen-bond acceptors (Lipinski definition) is 8. The third kappa shape index (κ3) is 6.95. The van der Waals surface area contributed by atoms with Gasteiger partial charge in [0.2, 0.25) is 0 Å². The van der Waals surface area contributed by atoms with Crippen LogP contribution in [0.15, 0.2) is 60.7 Å². The van der Waals surface area contributed by atoms with Gasteiger partial charge in [-0.2, -0.15) is 0 Å². The Morgan fingerprint density at radius 3 is 1.97 bits per heavy atom. The molecule has 3 rings (SSSR count). The highest BCUT2D eigenvalue weighted by molar-refractivity contribution is 7.48. The number of phosphoric ester groups is 1. The van der Waals surface area contributed by atoms with Gasteiger partial charge in [-0.3, -0.25) is 23.6 Å². The quantitative estimate of drug-likeness (QED) is 0.320. The van der Waals surface area contributed by atoms with Crippen molar-refractivity contribution in [1.82, 2.24) is 5.48 Å². The maximum Gasteiger partial charge on any atom is 0.475 e. The Bertz CT molecular complexity index is 845. The maximum absolute atomic E-state index is 13.3. The van der Waals surface area contributed by atoms with Crippen molar-refractivity contribution in [2.75, 3.05) is 6.61 Å². The number of hydrogen-bond donors (Lipinski definition) is 2. The molecule has 0 radical (unpaired) electrons. The van der Waals surface area contributed by atoms with E-state index in [9.17, 15) is 9.36 Å². The summed E-state index contributed by atoms with van der Waals surface area (Å²) in [7, 11) is -4.04. The summed E-state index contributed by atoms with van der Waals surface area (Å²) in [5, 5.41) is 8.95. The minimum absolute atomic E-state index is 0.000971. The summed E-state index contributed by atoms with van der Waals surface area (Å²) < 4.78 is 41.0. The van der Waals surface area contributed by atoms with Crippen LogP contribution in [0.2, 0.25) is 0 Å². The Balaban J connectivity index is 1.69. The van der Waals surface area contributed by atoms with Crippen molar-refractivity contribution in [1.29, 1.82) is 0 Å². The van der Waals surface area contributed by atoms with Crippen LogP contribution in [0, 0.1) is 0 Å². The van der Waals surface area contributed by atoms with Crippen molar-refractivity contribution in [2.45, 2.75) is 45.1 Å². The van der Waals surface area contributed by atoms with E-state index in [1.54, 1.807) is 13.8 Å². The summed E-state index contributed by atoms with van der Waals surface area (Å²) in [4.78, 5) is 11.9. The van der Waals surface area contributed by atoms with Gasteiger partial charge in [0, 0.05) is 0 Å². The van der Waals surface area contributed by atoms with Crippen molar-refractivity contribution in [3.63, 3.8) is 0 Å². The number of phosphoric acid groups is 1. The lowest BCUT2D eigenvalue weighted by molar-refractivity contribution is -0.160. The Morgan fingerprint density at radius 1 is 0.968 bits per heavy atom. The van der Waals surface area contributed by atoms with Crippen molar-refractivity contribution < 1.29 is 37.6 Å². The fourth-order valence-corrected chi connectivity index (χ4v) is 4.14. The first kappa shape index (κ1) is 23.6. The molecule has 0 spiro atoms. The zero-order valence-corrected chi connectivity index (χ0v) is 18.2. The molecule has 9 nitrogen and oxygen atoms in total. The molecule has 2 aromatic carbocycles. The highest BCUT2D eigenvalue weighted by Gasteiger charge is 2.46. The number of hydroxylamine groups is 1. The second-order valence-electron chi connectivity index (χ2n) is 7.33. The lowest BCUT2D eigenvalue weighted by Crippen LogP contribution is -2.41. The minimum Gasteiger partial charge on any atom is -0.342 e. The van der Waals surface area contributed by atoms with Gasteiger partial charge in [0.15, 0.2) is 11.9 Å². The predicted molar refractivity (Wildman–Crippen MR) is 110 cm³/mol. The Hall–Kier alpha value is -2.10.